The van der Waals surface area contributed by atoms with Gasteiger partial charge in [-0.25, -0.2) is 4.98 Å². The minimum atomic E-state index is -0.450. The van der Waals surface area contributed by atoms with Crippen molar-refractivity contribution in [1.82, 2.24) is 14.9 Å². The maximum Gasteiger partial charge on any atom is 0.266 e. The van der Waals surface area contributed by atoms with Gasteiger partial charge in [0.15, 0.2) is 5.16 Å². The van der Waals surface area contributed by atoms with E-state index in [0.29, 0.717) is 34.0 Å². The number of benzene rings is 2. The minimum Gasteiger partial charge on any atom is -0.495 e. The fraction of sp³-hybridized carbons (Fsp3) is 0.190. The highest BCUT2D eigenvalue weighted by Gasteiger charge is 2.21. The summed E-state index contributed by atoms with van der Waals surface area (Å²) in [5.41, 5.74) is 0.950. The van der Waals surface area contributed by atoms with E-state index in [-0.39, 0.29) is 11.5 Å². The number of hydrogen-bond donors (Lipinski definition) is 1. The monoisotopic (exact) mass is 395 g/mol. The van der Waals surface area contributed by atoms with E-state index in [2.05, 4.69) is 16.9 Å². The van der Waals surface area contributed by atoms with E-state index in [9.17, 15) is 9.59 Å². The van der Waals surface area contributed by atoms with Gasteiger partial charge in [0.2, 0.25) is 5.91 Å². The molecule has 0 saturated heterocycles. The fourth-order valence-corrected chi connectivity index (χ4v) is 3.69. The van der Waals surface area contributed by atoms with Gasteiger partial charge in [-0.05, 0) is 31.2 Å². The molecule has 1 N–H and O–H groups in total. The molecule has 1 atom stereocenters. The molecule has 0 bridgehead atoms. The lowest BCUT2D eigenvalue weighted by atomic mass is 10.2. The summed E-state index contributed by atoms with van der Waals surface area (Å²) in [4.78, 5) is 30.2. The van der Waals surface area contributed by atoms with Crippen molar-refractivity contribution in [3.05, 3.63) is 71.5 Å². The quantitative estimate of drug-likeness (QED) is 0.378. The molecule has 3 rings (SSSR count). The molecule has 2 aromatic carbocycles. The van der Waals surface area contributed by atoms with Crippen molar-refractivity contribution in [2.24, 2.45) is 0 Å². The number of carbonyl (C=O) groups is 1. The predicted molar refractivity (Wildman–Crippen MR) is 112 cm³/mol. The molecule has 0 fully saturated rings. The number of ether oxygens (including phenoxy) is 1. The molecule has 7 heteroatoms. The van der Waals surface area contributed by atoms with Crippen molar-refractivity contribution in [2.75, 3.05) is 13.7 Å². The zero-order valence-corrected chi connectivity index (χ0v) is 16.5. The number of aromatic nitrogens is 2. The second-order valence-electron chi connectivity index (χ2n) is 6.02. The van der Waals surface area contributed by atoms with Gasteiger partial charge in [0.1, 0.15) is 5.75 Å². The van der Waals surface area contributed by atoms with Gasteiger partial charge in [-0.3, -0.25) is 14.2 Å². The van der Waals surface area contributed by atoms with Gasteiger partial charge in [-0.2, -0.15) is 0 Å². The Bertz CT molecular complexity index is 1080. The van der Waals surface area contributed by atoms with E-state index >= 15 is 0 Å². The minimum absolute atomic E-state index is 0.154. The first-order valence-electron chi connectivity index (χ1n) is 8.77. The number of thioether (sulfide) groups is 1. The van der Waals surface area contributed by atoms with Crippen molar-refractivity contribution in [3.8, 4) is 11.4 Å². The molecule has 0 aliphatic rings. The molecule has 3 aromatic rings. The SMILES string of the molecule is C=CCNC(=O)[C@@H](C)Sc1nc2ccccc2c(=O)n1-c1ccccc1OC. The highest BCUT2D eigenvalue weighted by Crippen LogP contribution is 2.29. The molecular formula is C21H21N3O3S. The number of nitrogens with one attached hydrogen (secondary N) is 1. The van der Waals surface area contributed by atoms with E-state index < -0.39 is 5.25 Å². The van der Waals surface area contributed by atoms with Crippen LogP contribution in [0.4, 0.5) is 0 Å². The van der Waals surface area contributed by atoms with Gasteiger partial charge < -0.3 is 10.1 Å². The van der Waals surface area contributed by atoms with E-state index in [1.165, 1.54) is 16.3 Å². The number of methoxy groups -OCH3 is 1. The van der Waals surface area contributed by atoms with Crippen molar-refractivity contribution >= 4 is 28.6 Å². The Kier molecular flexibility index (Phi) is 6.16. The molecule has 6 nitrogen and oxygen atoms in total. The fourth-order valence-electron chi connectivity index (χ4n) is 2.75. The average Bonchev–Trinajstić information content (AvgIpc) is 2.72. The molecule has 0 aliphatic carbocycles. The molecule has 0 saturated carbocycles. The maximum atomic E-state index is 13.3. The molecule has 1 heterocycles. The summed E-state index contributed by atoms with van der Waals surface area (Å²) < 4.78 is 6.94. The summed E-state index contributed by atoms with van der Waals surface area (Å²) in [6.45, 7) is 5.76. The molecular weight excluding hydrogens is 374 g/mol. The van der Waals surface area contributed by atoms with Gasteiger partial charge in [0, 0.05) is 6.54 Å². The number of rotatable bonds is 7. The number of nitrogens with zero attached hydrogens (tertiary/aromatic N) is 2. The van der Waals surface area contributed by atoms with Crippen LogP contribution in [0.2, 0.25) is 0 Å². The zero-order valence-electron chi connectivity index (χ0n) is 15.7. The summed E-state index contributed by atoms with van der Waals surface area (Å²) in [7, 11) is 1.55. The predicted octanol–water partition coefficient (Wildman–Crippen LogP) is 3.18. The van der Waals surface area contributed by atoms with Gasteiger partial charge in [0.05, 0.1) is 29.0 Å². The van der Waals surface area contributed by atoms with Crippen molar-refractivity contribution in [1.29, 1.82) is 0 Å². The standard InChI is InChI=1S/C21H21N3O3S/c1-4-13-22-19(25)14(2)28-21-23-16-10-6-5-9-15(16)20(26)24(21)17-11-7-8-12-18(17)27-3/h4-12,14H,1,13H2,2-3H3,(H,22,25)/t14-/m1/s1. The molecule has 144 valence electrons. The van der Waals surface area contributed by atoms with E-state index in [4.69, 9.17) is 4.74 Å². The Balaban J connectivity index is 2.16. The number of amides is 1. The lowest BCUT2D eigenvalue weighted by Crippen LogP contribution is -2.32. The first-order chi connectivity index (χ1) is 13.6. The molecule has 0 spiro atoms. The smallest absolute Gasteiger partial charge is 0.266 e. The number of hydrogen-bond acceptors (Lipinski definition) is 5. The summed E-state index contributed by atoms with van der Waals surface area (Å²) in [6.07, 6.45) is 1.62. The van der Waals surface area contributed by atoms with Gasteiger partial charge in [-0.1, -0.05) is 42.1 Å². The van der Waals surface area contributed by atoms with Crippen LogP contribution in [-0.2, 0) is 4.79 Å². The highest BCUT2D eigenvalue weighted by atomic mass is 32.2. The second kappa shape index (κ2) is 8.75. The molecule has 0 aliphatic heterocycles. The van der Waals surface area contributed by atoms with Crippen LogP contribution in [0.3, 0.4) is 0 Å². The third kappa shape index (κ3) is 3.94. The van der Waals surface area contributed by atoms with Crippen LogP contribution in [0, 0.1) is 0 Å². The molecule has 0 unspecified atom stereocenters. The molecule has 0 radical (unpaired) electrons. The van der Waals surface area contributed by atoms with Gasteiger partial charge in [0.25, 0.3) is 5.56 Å². The Labute approximate surface area is 167 Å². The van der Waals surface area contributed by atoms with Crippen LogP contribution in [0.5, 0.6) is 5.75 Å². The third-order valence-corrected chi connectivity index (χ3v) is 5.20. The summed E-state index contributed by atoms with van der Waals surface area (Å²) in [5, 5.41) is 3.25. The van der Waals surface area contributed by atoms with Crippen LogP contribution < -0.4 is 15.6 Å². The first-order valence-corrected chi connectivity index (χ1v) is 9.65. The number of para-hydroxylation sites is 3. The average molecular weight is 395 g/mol. The van der Waals surface area contributed by atoms with Crippen LogP contribution in [-0.4, -0.2) is 34.4 Å². The van der Waals surface area contributed by atoms with Crippen molar-refractivity contribution in [3.63, 3.8) is 0 Å². The van der Waals surface area contributed by atoms with Crippen LogP contribution in [0.1, 0.15) is 6.92 Å². The molecule has 1 aromatic heterocycles. The highest BCUT2D eigenvalue weighted by molar-refractivity contribution is 8.00. The molecule has 28 heavy (non-hydrogen) atoms. The lowest BCUT2D eigenvalue weighted by Gasteiger charge is -2.17. The van der Waals surface area contributed by atoms with Crippen LogP contribution in [0.15, 0.2) is 71.1 Å². The largest absolute Gasteiger partial charge is 0.495 e. The van der Waals surface area contributed by atoms with Crippen LogP contribution >= 0.6 is 11.8 Å². The van der Waals surface area contributed by atoms with Crippen molar-refractivity contribution in [2.45, 2.75) is 17.3 Å². The Morgan fingerprint density at radius 2 is 2.00 bits per heavy atom. The molecule has 1 amide bonds. The Morgan fingerprint density at radius 3 is 2.75 bits per heavy atom. The van der Waals surface area contributed by atoms with E-state index in [1.807, 2.05) is 18.2 Å². The summed E-state index contributed by atoms with van der Waals surface area (Å²) in [6, 6.07) is 14.4. The topological polar surface area (TPSA) is 73.2 Å². The normalized spacial score (nSPS) is 11.8. The van der Waals surface area contributed by atoms with E-state index in [0.717, 1.165) is 0 Å². The number of fused-ring (bicyclic) bond motifs is 1. The lowest BCUT2D eigenvalue weighted by molar-refractivity contribution is -0.120. The third-order valence-electron chi connectivity index (χ3n) is 4.14. The zero-order chi connectivity index (χ0) is 20.1. The second-order valence-corrected chi connectivity index (χ2v) is 7.33. The Morgan fingerprint density at radius 1 is 1.29 bits per heavy atom. The number of carbonyl (C=O) groups excluding carboxylic acids is 1. The van der Waals surface area contributed by atoms with Gasteiger partial charge in [-0.15, -0.1) is 6.58 Å². The van der Waals surface area contributed by atoms with Crippen molar-refractivity contribution < 1.29 is 9.53 Å². The maximum absolute atomic E-state index is 13.3. The Hall–Kier alpha value is -3.06. The first kappa shape index (κ1) is 19.7. The summed E-state index contributed by atoms with van der Waals surface area (Å²) >= 11 is 1.22. The summed E-state index contributed by atoms with van der Waals surface area (Å²) in [5.74, 6) is 0.395. The van der Waals surface area contributed by atoms with E-state index in [1.54, 1.807) is 50.4 Å². The van der Waals surface area contributed by atoms with Gasteiger partial charge >= 0.3 is 0 Å². The van der Waals surface area contributed by atoms with Crippen LogP contribution in [0.25, 0.3) is 16.6 Å².